The fourth-order valence-electron chi connectivity index (χ4n) is 1.19. The lowest BCUT2D eigenvalue weighted by Crippen LogP contribution is -2.31. The molecule has 0 unspecified atom stereocenters. The second-order valence-electron chi connectivity index (χ2n) is 3.62. The number of allylic oxidation sites excluding steroid dienone is 1. The summed E-state index contributed by atoms with van der Waals surface area (Å²) in [7, 11) is 0. The van der Waals surface area contributed by atoms with Crippen LogP contribution in [0.5, 0.6) is 0 Å². The number of hydrogen-bond donors (Lipinski definition) is 2. The molecule has 86 valence electrons. The van der Waals surface area contributed by atoms with Gasteiger partial charge in [0.15, 0.2) is 0 Å². The van der Waals surface area contributed by atoms with E-state index in [4.69, 9.17) is 0 Å². The van der Waals surface area contributed by atoms with Gasteiger partial charge in [-0.2, -0.15) is 0 Å². The van der Waals surface area contributed by atoms with Crippen LogP contribution >= 0.6 is 0 Å². The van der Waals surface area contributed by atoms with E-state index in [9.17, 15) is 4.79 Å². The van der Waals surface area contributed by atoms with Crippen molar-refractivity contribution in [3.63, 3.8) is 0 Å². The number of aryl methyl sites for hydroxylation is 1. The second kappa shape index (κ2) is 6.67. The first kappa shape index (κ1) is 12.3. The minimum atomic E-state index is -0.176. The third-order valence-electron chi connectivity index (χ3n) is 2.14. The van der Waals surface area contributed by atoms with Crippen molar-refractivity contribution in [2.75, 3.05) is 0 Å². The molecule has 0 atom stereocenters. The molecule has 0 saturated carbocycles. The number of benzene rings is 1. The zero-order chi connectivity index (χ0) is 11.8. The summed E-state index contributed by atoms with van der Waals surface area (Å²) in [4.78, 5) is 11.3. The monoisotopic (exact) mass is 218 g/mol. The van der Waals surface area contributed by atoms with Crippen molar-refractivity contribution in [1.29, 1.82) is 0 Å². The normalized spacial score (nSPS) is 10.4. The topological polar surface area (TPSA) is 41.1 Å². The van der Waals surface area contributed by atoms with Gasteiger partial charge in [-0.3, -0.25) is 0 Å². The van der Waals surface area contributed by atoms with Gasteiger partial charge >= 0.3 is 6.03 Å². The van der Waals surface area contributed by atoms with Gasteiger partial charge < -0.3 is 10.6 Å². The van der Waals surface area contributed by atoms with E-state index < -0.39 is 0 Å². The van der Waals surface area contributed by atoms with Crippen molar-refractivity contribution in [2.24, 2.45) is 0 Å². The molecule has 16 heavy (non-hydrogen) atoms. The molecule has 0 saturated heterocycles. The Morgan fingerprint density at radius 2 is 2.00 bits per heavy atom. The minimum Gasteiger partial charge on any atom is -0.334 e. The van der Waals surface area contributed by atoms with Gasteiger partial charge in [0, 0.05) is 12.7 Å². The third kappa shape index (κ3) is 4.64. The van der Waals surface area contributed by atoms with E-state index in [1.807, 2.05) is 44.2 Å². The number of rotatable bonds is 4. The molecule has 0 fully saturated rings. The van der Waals surface area contributed by atoms with Crippen LogP contribution in [0.25, 0.3) is 0 Å². The van der Waals surface area contributed by atoms with Crippen molar-refractivity contribution in [1.82, 2.24) is 10.6 Å². The van der Waals surface area contributed by atoms with Crippen LogP contribution in [-0.2, 0) is 6.54 Å². The Bertz CT molecular complexity index is 355. The van der Waals surface area contributed by atoms with Gasteiger partial charge in [-0.25, -0.2) is 4.79 Å². The van der Waals surface area contributed by atoms with E-state index in [-0.39, 0.29) is 6.03 Å². The lowest BCUT2D eigenvalue weighted by Gasteiger charge is -2.04. The van der Waals surface area contributed by atoms with Gasteiger partial charge in [-0.1, -0.05) is 42.8 Å². The molecule has 3 heteroatoms. The highest BCUT2D eigenvalue weighted by atomic mass is 16.2. The zero-order valence-electron chi connectivity index (χ0n) is 9.79. The average Bonchev–Trinajstić information content (AvgIpc) is 2.29. The van der Waals surface area contributed by atoms with Crippen molar-refractivity contribution >= 4 is 6.03 Å². The average molecular weight is 218 g/mol. The molecule has 0 spiro atoms. The van der Waals surface area contributed by atoms with E-state index in [0.717, 1.165) is 12.0 Å². The number of amides is 2. The maximum atomic E-state index is 11.3. The second-order valence-corrected chi connectivity index (χ2v) is 3.62. The van der Waals surface area contributed by atoms with Crippen LogP contribution in [0.4, 0.5) is 4.79 Å². The van der Waals surface area contributed by atoms with Gasteiger partial charge in [0.05, 0.1) is 0 Å². The fourth-order valence-corrected chi connectivity index (χ4v) is 1.19. The van der Waals surface area contributed by atoms with Crippen LogP contribution in [-0.4, -0.2) is 6.03 Å². The van der Waals surface area contributed by atoms with E-state index >= 15 is 0 Å². The maximum absolute atomic E-state index is 11.3. The Hall–Kier alpha value is -1.77. The van der Waals surface area contributed by atoms with Crippen molar-refractivity contribution in [2.45, 2.75) is 26.8 Å². The molecule has 1 aromatic carbocycles. The summed E-state index contributed by atoms with van der Waals surface area (Å²) in [5.74, 6) is 0. The first-order valence-corrected chi connectivity index (χ1v) is 5.47. The molecule has 0 aliphatic carbocycles. The third-order valence-corrected chi connectivity index (χ3v) is 2.14. The predicted octanol–water partition coefficient (Wildman–Crippen LogP) is 2.72. The molecule has 0 aliphatic rings. The Labute approximate surface area is 96.6 Å². The number of carbonyl (C=O) groups is 1. The first-order valence-electron chi connectivity index (χ1n) is 5.47. The summed E-state index contributed by atoms with van der Waals surface area (Å²) in [6.45, 7) is 4.61. The Balaban J connectivity index is 2.31. The number of nitrogens with one attached hydrogen (secondary N) is 2. The van der Waals surface area contributed by atoms with Crippen LogP contribution in [0, 0.1) is 6.92 Å². The Kier molecular flexibility index (Phi) is 5.12. The van der Waals surface area contributed by atoms with Crippen LogP contribution in [0.1, 0.15) is 24.5 Å². The highest BCUT2D eigenvalue weighted by Crippen LogP contribution is 2.02. The van der Waals surface area contributed by atoms with Gasteiger partial charge in [-0.05, 0) is 18.9 Å². The van der Waals surface area contributed by atoms with E-state index in [1.165, 1.54) is 5.56 Å². The number of carbonyl (C=O) groups excluding carboxylic acids is 1. The lowest BCUT2D eigenvalue weighted by molar-refractivity contribution is 0.243. The molecule has 0 radical (unpaired) electrons. The zero-order valence-corrected chi connectivity index (χ0v) is 9.79. The fraction of sp³-hybridized carbons (Fsp3) is 0.308. The summed E-state index contributed by atoms with van der Waals surface area (Å²) < 4.78 is 0. The lowest BCUT2D eigenvalue weighted by atomic mass is 10.1. The molecule has 0 heterocycles. The highest BCUT2D eigenvalue weighted by molar-refractivity contribution is 5.74. The molecular weight excluding hydrogens is 200 g/mol. The van der Waals surface area contributed by atoms with Crippen LogP contribution in [0.3, 0.4) is 0 Å². The van der Waals surface area contributed by atoms with Crippen LogP contribution in [0.2, 0.25) is 0 Å². The van der Waals surface area contributed by atoms with Crippen molar-refractivity contribution < 1.29 is 4.79 Å². The highest BCUT2D eigenvalue weighted by Gasteiger charge is 1.97. The summed E-state index contributed by atoms with van der Waals surface area (Å²) in [6, 6.07) is 7.91. The van der Waals surface area contributed by atoms with E-state index in [1.54, 1.807) is 6.20 Å². The van der Waals surface area contributed by atoms with Crippen LogP contribution < -0.4 is 10.6 Å². The molecule has 0 aromatic heterocycles. The molecule has 2 amide bonds. The number of hydrogen-bond acceptors (Lipinski definition) is 1. The molecular formula is C13H18N2O. The largest absolute Gasteiger partial charge is 0.334 e. The predicted molar refractivity (Wildman–Crippen MR) is 66.0 cm³/mol. The van der Waals surface area contributed by atoms with Gasteiger partial charge in [0.2, 0.25) is 0 Å². The molecule has 1 aromatic rings. The van der Waals surface area contributed by atoms with Crippen molar-refractivity contribution in [3.05, 3.63) is 47.7 Å². The summed E-state index contributed by atoms with van der Waals surface area (Å²) >= 11 is 0. The smallest absolute Gasteiger partial charge is 0.319 e. The summed E-state index contributed by atoms with van der Waals surface area (Å²) in [5, 5.41) is 5.41. The standard InChI is InChI=1S/C13H18N2O/c1-3-4-9-14-13(16)15-10-12-7-5-11(2)6-8-12/h4-9H,3,10H2,1-2H3,(H2,14,15,16)/b9-4+. The maximum Gasteiger partial charge on any atom is 0.319 e. The van der Waals surface area contributed by atoms with Crippen molar-refractivity contribution in [3.8, 4) is 0 Å². The Morgan fingerprint density at radius 1 is 1.31 bits per heavy atom. The van der Waals surface area contributed by atoms with E-state index in [0.29, 0.717) is 6.54 Å². The molecule has 3 nitrogen and oxygen atoms in total. The van der Waals surface area contributed by atoms with E-state index in [2.05, 4.69) is 10.6 Å². The summed E-state index contributed by atoms with van der Waals surface area (Å²) in [6.07, 6.45) is 4.47. The van der Waals surface area contributed by atoms with Crippen LogP contribution in [0.15, 0.2) is 36.5 Å². The molecule has 2 N–H and O–H groups in total. The van der Waals surface area contributed by atoms with Gasteiger partial charge in [0.1, 0.15) is 0 Å². The Morgan fingerprint density at radius 3 is 2.62 bits per heavy atom. The molecule has 0 bridgehead atoms. The summed E-state index contributed by atoms with van der Waals surface area (Å²) in [5.41, 5.74) is 2.32. The minimum absolute atomic E-state index is 0.176. The molecule has 1 rings (SSSR count). The van der Waals surface area contributed by atoms with Gasteiger partial charge in [-0.15, -0.1) is 0 Å². The SMILES string of the molecule is CC/C=C/NC(=O)NCc1ccc(C)cc1. The quantitative estimate of drug-likeness (QED) is 0.801. The number of urea groups is 1. The first-order chi connectivity index (χ1) is 7.72. The van der Waals surface area contributed by atoms with Gasteiger partial charge in [0.25, 0.3) is 0 Å². The molecule has 0 aliphatic heterocycles.